The first-order chi connectivity index (χ1) is 8.21. The highest BCUT2D eigenvalue weighted by molar-refractivity contribution is 5.14. The minimum atomic E-state index is 0.326. The van der Waals surface area contributed by atoms with Crippen molar-refractivity contribution in [3.63, 3.8) is 0 Å². The van der Waals surface area contributed by atoms with E-state index in [1.807, 2.05) is 0 Å². The molecule has 3 rings (SSSR count). The molecule has 5 nitrogen and oxygen atoms in total. The molecule has 1 saturated carbocycles. The molecule has 94 valence electrons. The van der Waals surface area contributed by atoms with E-state index in [2.05, 4.69) is 39.3 Å². The number of fused-ring (bicyclic) bond motifs is 1. The maximum Gasteiger partial charge on any atom is 0.0997 e. The van der Waals surface area contributed by atoms with E-state index < -0.39 is 0 Å². The first-order valence-electron chi connectivity index (χ1n) is 6.51. The van der Waals surface area contributed by atoms with Gasteiger partial charge in [-0.15, -0.1) is 5.10 Å². The Hall–Kier alpha value is -0.940. The van der Waals surface area contributed by atoms with Crippen molar-refractivity contribution in [2.75, 3.05) is 20.6 Å². The molecule has 2 aliphatic rings. The summed E-state index contributed by atoms with van der Waals surface area (Å²) in [5.74, 6) is 0. The molecular formula is C12H21N5. The molecular weight excluding hydrogens is 214 g/mol. The zero-order chi connectivity index (χ0) is 11.9. The van der Waals surface area contributed by atoms with Gasteiger partial charge in [-0.05, 0) is 33.4 Å². The summed E-state index contributed by atoms with van der Waals surface area (Å²) in [6.45, 7) is 2.93. The van der Waals surface area contributed by atoms with Crippen molar-refractivity contribution in [3.8, 4) is 0 Å². The van der Waals surface area contributed by atoms with Crippen LogP contribution < -0.4 is 5.32 Å². The van der Waals surface area contributed by atoms with E-state index in [0.29, 0.717) is 5.54 Å². The molecule has 2 heterocycles. The second-order valence-corrected chi connectivity index (χ2v) is 5.54. The van der Waals surface area contributed by atoms with Gasteiger partial charge in [-0.3, -0.25) is 0 Å². The Morgan fingerprint density at radius 2 is 2.24 bits per heavy atom. The van der Waals surface area contributed by atoms with Crippen LogP contribution in [-0.4, -0.2) is 46.1 Å². The zero-order valence-electron chi connectivity index (χ0n) is 10.7. The smallest absolute Gasteiger partial charge is 0.0997 e. The Balaban J connectivity index is 1.83. The highest BCUT2D eigenvalue weighted by Gasteiger charge is 2.40. The standard InChI is InChI=1S/C12H21N5/c1-16(2)12(5-3-6-12)9-17-11-4-7-13-8-10(11)14-15-17/h13H,3-9H2,1-2H3. The lowest BCUT2D eigenvalue weighted by molar-refractivity contribution is 0.0375. The third kappa shape index (κ3) is 1.77. The summed E-state index contributed by atoms with van der Waals surface area (Å²) >= 11 is 0. The molecule has 1 aromatic rings. The van der Waals surface area contributed by atoms with E-state index in [-0.39, 0.29) is 0 Å². The van der Waals surface area contributed by atoms with Gasteiger partial charge in [0, 0.05) is 25.0 Å². The summed E-state index contributed by atoms with van der Waals surface area (Å²) in [4.78, 5) is 2.37. The van der Waals surface area contributed by atoms with Crippen molar-refractivity contribution >= 4 is 0 Å². The molecule has 1 N–H and O–H groups in total. The van der Waals surface area contributed by atoms with E-state index in [0.717, 1.165) is 31.7 Å². The predicted octanol–water partition coefficient (Wildman–Crippen LogP) is 0.408. The first kappa shape index (κ1) is 11.2. The molecule has 0 saturated heterocycles. The van der Waals surface area contributed by atoms with Crippen molar-refractivity contribution in [3.05, 3.63) is 11.4 Å². The van der Waals surface area contributed by atoms with Gasteiger partial charge in [-0.1, -0.05) is 5.21 Å². The zero-order valence-corrected chi connectivity index (χ0v) is 10.7. The summed E-state index contributed by atoms with van der Waals surface area (Å²) in [6, 6.07) is 0. The quantitative estimate of drug-likeness (QED) is 0.824. The van der Waals surface area contributed by atoms with Crippen LogP contribution in [0.4, 0.5) is 0 Å². The van der Waals surface area contributed by atoms with Crippen LogP contribution in [0.5, 0.6) is 0 Å². The monoisotopic (exact) mass is 235 g/mol. The molecule has 0 aromatic carbocycles. The maximum absolute atomic E-state index is 4.35. The summed E-state index contributed by atoms with van der Waals surface area (Å²) in [5, 5.41) is 12.0. The number of hydrogen-bond donors (Lipinski definition) is 1. The Kier molecular flexibility index (Phi) is 2.67. The van der Waals surface area contributed by atoms with Gasteiger partial charge in [0.2, 0.25) is 0 Å². The van der Waals surface area contributed by atoms with Crippen molar-refractivity contribution in [1.29, 1.82) is 0 Å². The minimum absolute atomic E-state index is 0.326. The fourth-order valence-electron chi connectivity index (χ4n) is 2.93. The number of likely N-dealkylation sites (N-methyl/N-ethyl adjacent to an activating group) is 1. The topological polar surface area (TPSA) is 46.0 Å². The van der Waals surface area contributed by atoms with Gasteiger partial charge >= 0.3 is 0 Å². The third-order valence-electron chi connectivity index (χ3n) is 4.43. The lowest BCUT2D eigenvalue weighted by Crippen LogP contribution is -2.53. The van der Waals surface area contributed by atoms with Crippen LogP contribution in [0.25, 0.3) is 0 Å². The second-order valence-electron chi connectivity index (χ2n) is 5.54. The molecule has 0 radical (unpaired) electrons. The largest absolute Gasteiger partial charge is 0.311 e. The average molecular weight is 235 g/mol. The average Bonchev–Trinajstić information content (AvgIpc) is 2.66. The van der Waals surface area contributed by atoms with Crippen molar-refractivity contribution < 1.29 is 0 Å². The summed E-state index contributed by atoms with van der Waals surface area (Å²) in [6.07, 6.45) is 4.97. The number of hydrogen-bond acceptors (Lipinski definition) is 4. The first-order valence-corrected chi connectivity index (χ1v) is 6.51. The van der Waals surface area contributed by atoms with E-state index in [1.54, 1.807) is 0 Å². The Morgan fingerprint density at radius 3 is 2.88 bits per heavy atom. The highest BCUT2D eigenvalue weighted by atomic mass is 15.4. The van der Waals surface area contributed by atoms with Gasteiger partial charge in [0.15, 0.2) is 0 Å². The van der Waals surface area contributed by atoms with Crippen LogP contribution in [0, 0.1) is 0 Å². The fraction of sp³-hybridized carbons (Fsp3) is 0.833. The van der Waals surface area contributed by atoms with Crippen LogP contribution in [0.2, 0.25) is 0 Å². The second kappa shape index (κ2) is 4.07. The normalized spacial score (nSPS) is 22.3. The van der Waals surface area contributed by atoms with Crippen LogP contribution in [0.1, 0.15) is 30.7 Å². The molecule has 0 unspecified atom stereocenters. The van der Waals surface area contributed by atoms with Crippen molar-refractivity contribution in [1.82, 2.24) is 25.2 Å². The van der Waals surface area contributed by atoms with E-state index in [1.165, 1.54) is 25.0 Å². The molecule has 0 amide bonds. The summed E-state index contributed by atoms with van der Waals surface area (Å²) < 4.78 is 2.15. The lowest BCUT2D eigenvalue weighted by atomic mass is 9.75. The van der Waals surface area contributed by atoms with E-state index >= 15 is 0 Å². The van der Waals surface area contributed by atoms with Gasteiger partial charge < -0.3 is 10.2 Å². The van der Waals surface area contributed by atoms with Crippen LogP contribution in [0.15, 0.2) is 0 Å². The van der Waals surface area contributed by atoms with Crippen molar-refractivity contribution in [2.24, 2.45) is 0 Å². The van der Waals surface area contributed by atoms with E-state index in [9.17, 15) is 0 Å². The Morgan fingerprint density at radius 1 is 1.41 bits per heavy atom. The molecule has 1 fully saturated rings. The summed E-state index contributed by atoms with van der Waals surface area (Å²) in [7, 11) is 4.37. The van der Waals surface area contributed by atoms with Gasteiger partial charge in [0.1, 0.15) is 0 Å². The predicted molar refractivity (Wildman–Crippen MR) is 65.7 cm³/mol. The van der Waals surface area contributed by atoms with Crippen molar-refractivity contribution in [2.45, 2.75) is 44.3 Å². The summed E-state index contributed by atoms with van der Waals surface area (Å²) in [5.41, 5.74) is 2.81. The molecule has 1 aliphatic carbocycles. The minimum Gasteiger partial charge on any atom is -0.311 e. The molecule has 0 atom stereocenters. The highest BCUT2D eigenvalue weighted by Crippen LogP contribution is 2.37. The maximum atomic E-state index is 4.35. The lowest BCUT2D eigenvalue weighted by Gasteiger charge is -2.47. The van der Waals surface area contributed by atoms with Crippen LogP contribution in [-0.2, 0) is 19.5 Å². The number of rotatable bonds is 3. The van der Waals surface area contributed by atoms with Gasteiger partial charge in [-0.2, -0.15) is 0 Å². The number of nitrogens with zero attached hydrogens (tertiary/aromatic N) is 4. The molecule has 0 bridgehead atoms. The fourth-order valence-corrected chi connectivity index (χ4v) is 2.93. The van der Waals surface area contributed by atoms with Gasteiger partial charge in [0.05, 0.1) is 17.9 Å². The molecule has 0 spiro atoms. The van der Waals surface area contributed by atoms with Crippen LogP contribution in [0.3, 0.4) is 0 Å². The Labute approximate surface area is 102 Å². The Bertz CT molecular complexity index is 405. The van der Waals surface area contributed by atoms with Crippen LogP contribution >= 0.6 is 0 Å². The number of aromatic nitrogens is 3. The third-order valence-corrected chi connectivity index (χ3v) is 4.43. The molecule has 5 heteroatoms. The SMILES string of the molecule is CN(C)C1(Cn2nnc3c2CCNC3)CCC1. The molecule has 1 aliphatic heterocycles. The molecule has 1 aromatic heterocycles. The molecule has 17 heavy (non-hydrogen) atoms. The van der Waals surface area contributed by atoms with Gasteiger partial charge in [0.25, 0.3) is 0 Å². The number of nitrogens with one attached hydrogen (secondary N) is 1. The van der Waals surface area contributed by atoms with E-state index in [4.69, 9.17) is 0 Å². The van der Waals surface area contributed by atoms with Gasteiger partial charge in [-0.25, -0.2) is 4.68 Å².